The van der Waals surface area contributed by atoms with E-state index in [2.05, 4.69) is 16.0 Å². The average Bonchev–Trinajstić information content (AvgIpc) is 3.32. The zero-order chi connectivity index (χ0) is 28.0. The van der Waals surface area contributed by atoms with E-state index in [4.69, 9.17) is 0 Å². The molecule has 3 N–H and O–H groups in total. The van der Waals surface area contributed by atoms with E-state index >= 15 is 0 Å². The van der Waals surface area contributed by atoms with Crippen LogP contribution in [0.15, 0.2) is 24.3 Å². The molecule has 0 spiro atoms. The van der Waals surface area contributed by atoms with Gasteiger partial charge < -0.3 is 20.9 Å². The maximum absolute atomic E-state index is 13.9. The number of amides is 2. The van der Waals surface area contributed by atoms with Gasteiger partial charge in [0.15, 0.2) is 0 Å². The second kappa shape index (κ2) is 13.1. The molecule has 0 bridgehead atoms. The van der Waals surface area contributed by atoms with Crippen molar-refractivity contribution in [3.8, 4) is 0 Å². The van der Waals surface area contributed by atoms with Gasteiger partial charge in [-0.2, -0.15) is 0 Å². The summed E-state index contributed by atoms with van der Waals surface area (Å²) in [5.41, 5.74) is 0.547. The molecule has 2 unspecified atom stereocenters. The van der Waals surface area contributed by atoms with E-state index in [9.17, 15) is 18.4 Å². The summed E-state index contributed by atoms with van der Waals surface area (Å²) in [7, 11) is 0. The molecule has 39 heavy (non-hydrogen) atoms. The van der Waals surface area contributed by atoms with Gasteiger partial charge in [0.25, 0.3) is 0 Å². The largest absolute Gasteiger partial charge is 0.351 e. The first-order chi connectivity index (χ1) is 18.5. The van der Waals surface area contributed by atoms with Gasteiger partial charge in [-0.25, -0.2) is 8.78 Å². The number of carbonyl (C=O) groups excluding carboxylic acids is 2. The fourth-order valence-corrected chi connectivity index (χ4v) is 6.93. The van der Waals surface area contributed by atoms with E-state index < -0.39 is 12.2 Å². The van der Waals surface area contributed by atoms with Crippen molar-refractivity contribution in [2.75, 3.05) is 26.2 Å². The Hall–Kier alpha value is -2.06. The SMILES string of the molecule is CC(C)(C)NC(=O)CC1(C2CCCCC2)CCN(C(=O)[C@@H](Cc2ccc(F)cc2)NCC2CC(F)CN2)CC1. The maximum atomic E-state index is 13.9. The lowest BCUT2D eigenvalue weighted by atomic mass is 9.62. The number of hydrogen-bond donors (Lipinski definition) is 3. The van der Waals surface area contributed by atoms with E-state index in [1.807, 2.05) is 25.7 Å². The lowest BCUT2D eigenvalue weighted by molar-refractivity contribution is -0.138. The number of rotatable bonds is 9. The molecular weight excluding hydrogens is 498 g/mol. The molecule has 0 aromatic heterocycles. The molecule has 1 aromatic rings. The summed E-state index contributed by atoms with van der Waals surface area (Å²) in [6.07, 6.45) is 8.24. The number of carbonyl (C=O) groups is 2. The number of halogens is 2. The summed E-state index contributed by atoms with van der Waals surface area (Å²) in [6, 6.07) is 5.81. The van der Waals surface area contributed by atoms with E-state index in [-0.39, 0.29) is 34.6 Å². The van der Waals surface area contributed by atoms with Gasteiger partial charge in [0.05, 0.1) is 6.04 Å². The summed E-state index contributed by atoms with van der Waals surface area (Å²) >= 11 is 0. The number of nitrogens with zero attached hydrogens (tertiary/aromatic N) is 1. The fourth-order valence-electron chi connectivity index (χ4n) is 6.93. The zero-order valence-electron chi connectivity index (χ0n) is 24.0. The number of nitrogens with one attached hydrogen (secondary N) is 3. The zero-order valence-corrected chi connectivity index (χ0v) is 24.0. The van der Waals surface area contributed by atoms with E-state index in [1.165, 1.54) is 31.4 Å². The molecule has 2 aliphatic heterocycles. The van der Waals surface area contributed by atoms with E-state index in [0.717, 1.165) is 31.2 Å². The Morgan fingerprint density at radius 3 is 2.36 bits per heavy atom. The lowest BCUT2D eigenvalue weighted by Crippen LogP contribution is -2.55. The molecule has 2 saturated heterocycles. The van der Waals surface area contributed by atoms with Gasteiger partial charge in [0.2, 0.25) is 11.8 Å². The Kier molecular flexibility index (Phi) is 10.0. The second-order valence-electron chi connectivity index (χ2n) is 13.2. The summed E-state index contributed by atoms with van der Waals surface area (Å²) in [6.45, 7) is 8.17. The van der Waals surface area contributed by atoms with Gasteiger partial charge in [-0.15, -0.1) is 0 Å². The normalized spacial score (nSPS) is 24.9. The van der Waals surface area contributed by atoms with Gasteiger partial charge in [-0.1, -0.05) is 31.4 Å². The lowest BCUT2D eigenvalue weighted by Gasteiger charge is -2.48. The molecule has 1 aliphatic carbocycles. The number of likely N-dealkylation sites (tertiary alicyclic amines) is 1. The van der Waals surface area contributed by atoms with Gasteiger partial charge in [0, 0.05) is 44.2 Å². The van der Waals surface area contributed by atoms with Crippen LogP contribution >= 0.6 is 0 Å². The van der Waals surface area contributed by atoms with Crippen LogP contribution in [0.3, 0.4) is 0 Å². The Balaban J connectivity index is 1.44. The molecule has 2 amide bonds. The van der Waals surface area contributed by atoms with Crippen LogP contribution in [-0.2, 0) is 16.0 Å². The molecule has 0 radical (unpaired) electrons. The molecule has 2 heterocycles. The monoisotopic (exact) mass is 546 g/mol. The van der Waals surface area contributed by atoms with Crippen molar-refractivity contribution < 1.29 is 18.4 Å². The highest BCUT2D eigenvalue weighted by Crippen LogP contribution is 2.48. The average molecular weight is 547 g/mol. The van der Waals surface area contributed by atoms with Crippen LogP contribution in [0.5, 0.6) is 0 Å². The standard InChI is InChI=1S/C31H48F2N4O2/c1-30(2,3)36-28(38)19-31(23-7-5-4-6-8-23)13-15-37(16-14-31)29(39)27(17-22-9-11-24(32)12-10-22)35-21-26-18-25(33)20-34-26/h9-12,23,25-27,34-35H,4-8,13-21H2,1-3H3,(H,36,38)/t25?,26?,27-/m1/s1. The first kappa shape index (κ1) is 29.9. The summed E-state index contributed by atoms with van der Waals surface area (Å²) in [4.78, 5) is 28.9. The Bertz CT molecular complexity index is 950. The molecule has 3 atom stereocenters. The Labute approximate surface area is 233 Å². The fraction of sp³-hybridized carbons (Fsp3) is 0.742. The van der Waals surface area contributed by atoms with Crippen molar-refractivity contribution in [1.29, 1.82) is 0 Å². The minimum absolute atomic E-state index is 0.00912. The van der Waals surface area contributed by atoms with Gasteiger partial charge in [-0.3, -0.25) is 9.59 Å². The van der Waals surface area contributed by atoms with Crippen LogP contribution in [-0.4, -0.2) is 66.7 Å². The van der Waals surface area contributed by atoms with Crippen molar-refractivity contribution in [2.45, 2.75) is 109 Å². The maximum Gasteiger partial charge on any atom is 0.240 e. The summed E-state index contributed by atoms with van der Waals surface area (Å²) < 4.78 is 27.2. The first-order valence-electron chi connectivity index (χ1n) is 15.0. The van der Waals surface area contributed by atoms with Crippen LogP contribution < -0.4 is 16.0 Å². The molecule has 6 nitrogen and oxygen atoms in total. The number of benzene rings is 1. The van der Waals surface area contributed by atoms with Crippen molar-refractivity contribution in [3.05, 3.63) is 35.6 Å². The first-order valence-corrected chi connectivity index (χ1v) is 15.0. The van der Waals surface area contributed by atoms with E-state index in [1.54, 1.807) is 12.1 Å². The molecule has 1 aromatic carbocycles. The van der Waals surface area contributed by atoms with Gasteiger partial charge in [-0.05, 0) is 88.3 Å². The highest BCUT2D eigenvalue weighted by Gasteiger charge is 2.44. The van der Waals surface area contributed by atoms with Crippen molar-refractivity contribution in [3.63, 3.8) is 0 Å². The molecular formula is C31H48F2N4O2. The highest BCUT2D eigenvalue weighted by molar-refractivity contribution is 5.82. The number of piperidine rings is 1. The van der Waals surface area contributed by atoms with Gasteiger partial charge >= 0.3 is 0 Å². The Morgan fingerprint density at radius 1 is 1.10 bits per heavy atom. The third kappa shape index (κ3) is 8.46. The number of alkyl halides is 1. The quantitative estimate of drug-likeness (QED) is 0.426. The topological polar surface area (TPSA) is 73.5 Å². The molecule has 218 valence electrons. The van der Waals surface area contributed by atoms with Crippen LogP contribution in [0.2, 0.25) is 0 Å². The third-order valence-corrected chi connectivity index (χ3v) is 9.00. The third-order valence-electron chi connectivity index (χ3n) is 9.00. The minimum Gasteiger partial charge on any atom is -0.351 e. The molecule has 3 aliphatic rings. The van der Waals surface area contributed by atoms with Crippen LogP contribution in [0.25, 0.3) is 0 Å². The van der Waals surface area contributed by atoms with Crippen molar-refractivity contribution in [1.82, 2.24) is 20.9 Å². The van der Waals surface area contributed by atoms with Crippen LogP contribution in [0.1, 0.15) is 84.1 Å². The molecule has 1 saturated carbocycles. The second-order valence-corrected chi connectivity index (χ2v) is 13.2. The van der Waals surface area contributed by atoms with Crippen LogP contribution in [0, 0.1) is 17.2 Å². The predicted octanol–water partition coefficient (Wildman–Crippen LogP) is 4.52. The Morgan fingerprint density at radius 2 is 1.77 bits per heavy atom. The highest BCUT2D eigenvalue weighted by atomic mass is 19.1. The van der Waals surface area contributed by atoms with Crippen LogP contribution in [0.4, 0.5) is 8.78 Å². The van der Waals surface area contributed by atoms with E-state index in [0.29, 0.717) is 51.4 Å². The number of hydrogen-bond acceptors (Lipinski definition) is 4. The minimum atomic E-state index is -0.853. The van der Waals surface area contributed by atoms with Crippen molar-refractivity contribution >= 4 is 11.8 Å². The van der Waals surface area contributed by atoms with Gasteiger partial charge in [0.1, 0.15) is 12.0 Å². The molecule has 3 fully saturated rings. The summed E-state index contributed by atoms with van der Waals surface area (Å²) in [5.74, 6) is 0.359. The molecule has 4 rings (SSSR count). The summed E-state index contributed by atoms with van der Waals surface area (Å²) in [5, 5.41) is 9.76. The van der Waals surface area contributed by atoms with Crippen molar-refractivity contribution in [2.24, 2.45) is 11.3 Å². The predicted molar refractivity (Wildman–Crippen MR) is 151 cm³/mol. The molecule has 8 heteroatoms. The smallest absolute Gasteiger partial charge is 0.240 e.